The van der Waals surface area contributed by atoms with Crippen molar-refractivity contribution in [2.75, 3.05) is 5.73 Å². The van der Waals surface area contributed by atoms with Gasteiger partial charge in [-0.1, -0.05) is 0 Å². The van der Waals surface area contributed by atoms with Gasteiger partial charge in [0.25, 0.3) is 0 Å². The van der Waals surface area contributed by atoms with E-state index in [0.29, 0.717) is 21.1 Å². The van der Waals surface area contributed by atoms with E-state index in [9.17, 15) is 9.18 Å². The maximum absolute atomic E-state index is 14.2. The maximum Gasteiger partial charge on any atom is 0.419 e. The third kappa shape index (κ3) is 3.46. The molecule has 3 aromatic heterocycles. The number of carbonyl (C=O) groups is 1. The van der Waals surface area contributed by atoms with Gasteiger partial charge < -0.3 is 10.5 Å². The summed E-state index contributed by atoms with van der Waals surface area (Å²) in [7, 11) is 0. The number of pyridine rings is 1. The number of nitrogens with zero attached hydrogens (tertiary/aromatic N) is 4. The number of hydrogen-bond donors (Lipinski definition) is 1. The molecule has 0 aromatic carbocycles. The van der Waals surface area contributed by atoms with Gasteiger partial charge in [-0.05, 0) is 42.8 Å². The maximum atomic E-state index is 14.2. The first kappa shape index (κ1) is 17.3. The summed E-state index contributed by atoms with van der Waals surface area (Å²) in [4.78, 5) is 24.2. The van der Waals surface area contributed by atoms with Crippen molar-refractivity contribution in [3.63, 3.8) is 0 Å². The average molecular weight is 408 g/mol. The Hall–Kier alpha value is -2.55. The van der Waals surface area contributed by atoms with Crippen molar-refractivity contribution in [1.82, 2.24) is 19.5 Å². The molecular weight excluding hydrogens is 393 g/mol. The number of nitrogen functional groups attached to an aromatic ring is 1. The predicted molar refractivity (Wildman–Crippen MR) is 94.5 cm³/mol. The minimum atomic E-state index is -0.679. The van der Waals surface area contributed by atoms with E-state index in [1.165, 1.54) is 17.0 Å². The molecule has 0 spiro atoms. The summed E-state index contributed by atoms with van der Waals surface area (Å²) in [5, 5.41) is 0.574. The van der Waals surface area contributed by atoms with Crippen LogP contribution in [0.5, 0.6) is 0 Å². The molecule has 0 unspecified atom stereocenters. The summed E-state index contributed by atoms with van der Waals surface area (Å²) in [6.07, 6.45) is 3.34. The van der Waals surface area contributed by atoms with E-state index in [4.69, 9.17) is 10.5 Å². The van der Waals surface area contributed by atoms with Crippen LogP contribution in [0.25, 0.3) is 22.2 Å². The molecule has 0 aliphatic carbocycles. The minimum absolute atomic E-state index is 0.00194. The number of carbonyl (C=O) groups excluding carboxylic acids is 1. The smallest absolute Gasteiger partial charge is 0.419 e. The average Bonchev–Trinajstić information content (AvgIpc) is 2.86. The van der Waals surface area contributed by atoms with E-state index in [-0.39, 0.29) is 11.6 Å². The van der Waals surface area contributed by atoms with Crippen LogP contribution in [0.2, 0.25) is 0 Å². The van der Waals surface area contributed by atoms with Crippen molar-refractivity contribution in [2.45, 2.75) is 26.4 Å². The highest BCUT2D eigenvalue weighted by Gasteiger charge is 2.23. The second-order valence-electron chi connectivity index (χ2n) is 6.34. The van der Waals surface area contributed by atoms with Gasteiger partial charge in [0, 0.05) is 17.1 Å². The van der Waals surface area contributed by atoms with Crippen LogP contribution >= 0.6 is 15.9 Å². The quantitative estimate of drug-likeness (QED) is 0.616. The van der Waals surface area contributed by atoms with Gasteiger partial charge in [0.05, 0.1) is 17.9 Å². The monoisotopic (exact) mass is 407 g/mol. The standard InChI is InChI=1S/C16H15BrFN5O2/c1-16(2,3)25-15(24)23-7-9(8-4-12(17)20-6-11(8)23)13-10(18)5-21-14(19)22-13/h4-7H,1-3H3,(H2,19,21,22). The van der Waals surface area contributed by atoms with Crippen LogP contribution in [-0.2, 0) is 4.74 Å². The normalized spacial score (nSPS) is 11.7. The number of anilines is 1. The van der Waals surface area contributed by atoms with E-state index >= 15 is 0 Å². The molecule has 9 heteroatoms. The molecule has 0 atom stereocenters. The fourth-order valence-electron chi connectivity index (χ4n) is 2.32. The second-order valence-corrected chi connectivity index (χ2v) is 7.15. The zero-order valence-electron chi connectivity index (χ0n) is 13.7. The van der Waals surface area contributed by atoms with Gasteiger partial charge in [0.2, 0.25) is 5.95 Å². The molecule has 0 aliphatic rings. The van der Waals surface area contributed by atoms with Crippen LogP contribution in [0, 0.1) is 5.82 Å². The van der Waals surface area contributed by atoms with Gasteiger partial charge in [-0.25, -0.2) is 24.1 Å². The third-order valence-electron chi connectivity index (χ3n) is 3.27. The number of rotatable bonds is 1. The zero-order valence-corrected chi connectivity index (χ0v) is 15.3. The molecule has 2 N–H and O–H groups in total. The van der Waals surface area contributed by atoms with Crippen LogP contribution in [0.1, 0.15) is 20.8 Å². The van der Waals surface area contributed by atoms with Crippen molar-refractivity contribution in [2.24, 2.45) is 0 Å². The van der Waals surface area contributed by atoms with Crippen LogP contribution in [-0.4, -0.2) is 31.2 Å². The lowest BCUT2D eigenvalue weighted by Crippen LogP contribution is -2.26. The molecule has 0 bridgehead atoms. The number of halogens is 2. The Morgan fingerprint density at radius 2 is 2.04 bits per heavy atom. The molecule has 3 rings (SSSR count). The first-order chi connectivity index (χ1) is 11.7. The van der Waals surface area contributed by atoms with Gasteiger partial charge in [-0.3, -0.25) is 4.57 Å². The van der Waals surface area contributed by atoms with Crippen molar-refractivity contribution in [3.8, 4) is 11.3 Å². The molecular formula is C16H15BrFN5O2. The SMILES string of the molecule is CC(C)(C)OC(=O)n1cc(-c2nc(N)ncc2F)c2cc(Br)ncc21. The van der Waals surface area contributed by atoms with Gasteiger partial charge in [-0.15, -0.1) is 0 Å². The third-order valence-corrected chi connectivity index (χ3v) is 3.70. The lowest BCUT2D eigenvalue weighted by Gasteiger charge is -2.19. The molecule has 0 radical (unpaired) electrons. The van der Waals surface area contributed by atoms with E-state index in [1.807, 2.05) is 0 Å². The van der Waals surface area contributed by atoms with Crippen molar-refractivity contribution >= 4 is 38.9 Å². The molecule has 0 saturated carbocycles. The Kier molecular flexibility index (Phi) is 4.19. The van der Waals surface area contributed by atoms with E-state index in [0.717, 1.165) is 6.20 Å². The van der Waals surface area contributed by atoms with Crippen molar-refractivity contribution < 1.29 is 13.9 Å². The second kappa shape index (κ2) is 6.07. The lowest BCUT2D eigenvalue weighted by atomic mass is 10.1. The number of hydrogen-bond acceptors (Lipinski definition) is 6. The zero-order chi connectivity index (χ0) is 18.4. The Balaban J connectivity index is 2.25. The summed E-state index contributed by atoms with van der Waals surface area (Å²) in [6.45, 7) is 5.28. The fraction of sp³-hybridized carbons (Fsp3) is 0.250. The fourth-order valence-corrected chi connectivity index (χ4v) is 2.65. The molecule has 3 aromatic rings. The van der Waals surface area contributed by atoms with Crippen molar-refractivity contribution in [1.29, 1.82) is 0 Å². The number of aromatic nitrogens is 4. The largest absolute Gasteiger partial charge is 0.443 e. The number of fused-ring (bicyclic) bond motifs is 1. The predicted octanol–water partition coefficient (Wildman–Crippen LogP) is 3.76. The number of ether oxygens (including phenoxy) is 1. The molecule has 130 valence electrons. The molecule has 25 heavy (non-hydrogen) atoms. The highest BCUT2D eigenvalue weighted by molar-refractivity contribution is 9.10. The summed E-state index contributed by atoms with van der Waals surface area (Å²) in [5.74, 6) is -0.715. The van der Waals surface area contributed by atoms with Crippen LogP contribution < -0.4 is 5.73 Å². The summed E-state index contributed by atoms with van der Waals surface area (Å²) >= 11 is 3.28. The highest BCUT2D eigenvalue weighted by atomic mass is 79.9. The molecule has 3 heterocycles. The van der Waals surface area contributed by atoms with Gasteiger partial charge in [0.15, 0.2) is 5.82 Å². The van der Waals surface area contributed by atoms with Gasteiger partial charge in [0.1, 0.15) is 15.9 Å². The summed E-state index contributed by atoms with van der Waals surface area (Å²) in [6, 6.07) is 1.67. The van der Waals surface area contributed by atoms with Crippen molar-refractivity contribution in [3.05, 3.63) is 35.1 Å². The highest BCUT2D eigenvalue weighted by Crippen LogP contribution is 2.32. The van der Waals surface area contributed by atoms with Gasteiger partial charge in [-0.2, -0.15) is 0 Å². The van der Waals surface area contributed by atoms with Crippen LogP contribution in [0.4, 0.5) is 15.1 Å². The Labute approximate surface area is 151 Å². The summed E-state index contributed by atoms with van der Waals surface area (Å²) in [5.41, 5.74) is 5.75. The molecule has 7 nitrogen and oxygen atoms in total. The molecule has 0 fully saturated rings. The Bertz CT molecular complexity index is 981. The molecule has 0 aliphatic heterocycles. The van der Waals surface area contributed by atoms with Gasteiger partial charge >= 0.3 is 6.09 Å². The molecule has 0 amide bonds. The first-order valence-corrected chi connectivity index (χ1v) is 8.13. The first-order valence-electron chi connectivity index (χ1n) is 7.34. The Morgan fingerprint density at radius 3 is 2.72 bits per heavy atom. The minimum Gasteiger partial charge on any atom is -0.443 e. The number of nitrogens with two attached hydrogens (primary N) is 1. The topological polar surface area (TPSA) is 95.9 Å². The molecule has 0 saturated heterocycles. The lowest BCUT2D eigenvalue weighted by molar-refractivity contribution is 0.0544. The van der Waals surface area contributed by atoms with E-state index < -0.39 is 17.5 Å². The Morgan fingerprint density at radius 1 is 1.32 bits per heavy atom. The van der Waals surface area contributed by atoms with Crippen LogP contribution in [0.15, 0.2) is 29.3 Å². The van der Waals surface area contributed by atoms with E-state index in [1.54, 1.807) is 26.8 Å². The van der Waals surface area contributed by atoms with E-state index in [2.05, 4.69) is 30.9 Å². The summed E-state index contributed by atoms with van der Waals surface area (Å²) < 4.78 is 21.4. The van der Waals surface area contributed by atoms with Crippen LogP contribution in [0.3, 0.4) is 0 Å².